The molecule has 0 bridgehead atoms. The standard InChI is InChI=1S/C6H12N2/c1-2-5-8-6-3-4-7/h1,8H,3-7H2. The van der Waals surface area contributed by atoms with E-state index in [1.807, 2.05) is 0 Å². The average Bonchev–Trinajstić information content (AvgIpc) is 1.81. The summed E-state index contributed by atoms with van der Waals surface area (Å²) in [5, 5.41) is 3.02. The Morgan fingerprint density at radius 3 is 2.88 bits per heavy atom. The van der Waals surface area contributed by atoms with Crippen molar-refractivity contribution in [3.05, 3.63) is 0 Å². The van der Waals surface area contributed by atoms with Crippen LogP contribution in [0.4, 0.5) is 0 Å². The fraction of sp³-hybridized carbons (Fsp3) is 0.667. The summed E-state index contributed by atoms with van der Waals surface area (Å²) in [6.45, 7) is 2.32. The maximum Gasteiger partial charge on any atom is 0.0573 e. The Balaban J connectivity index is 2.65. The van der Waals surface area contributed by atoms with Crippen LogP contribution < -0.4 is 11.1 Å². The lowest BCUT2D eigenvalue weighted by molar-refractivity contribution is 0.706. The summed E-state index contributed by atoms with van der Waals surface area (Å²) in [5.74, 6) is 2.47. The third kappa shape index (κ3) is 5.48. The van der Waals surface area contributed by atoms with Crippen molar-refractivity contribution in [2.45, 2.75) is 6.42 Å². The molecular formula is C6H12N2. The predicted octanol–water partition coefficient (Wildman–Crippen LogP) is -0.442. The van der Waals surface area contributed by atoms with Crippen molar-refractivity contribution in [1.82, 2.24) is 5.32 Å². The van der Waals surface area contributed by atoms with Crippen LogP contribution in [-0.4, -0.2) is 19.6 Å². The fourth-order valence-corrected chi connectivity index (χ4v) is 0.388. The molecule has 0 amide bonds. The molecule has 0 heterocycles. The van der Waals surface area contributed by atoms with Gasteiger partial charge in [0.25, 0.3) is 0 Å². The number of rotatable bonds is 4. The maximum absolute atomic E-state index is 5.22. The van der Waals surface area contributed by atoms with Crippen LogP contribution in [0.3, 0.4) is 0 Å². The smallest absolute Gasteiger partial charge is 0.0573 e. The topological polar surface area (TPSA) is 38.0 Å². The SMILES string of the molecule is C#CCNCCCN. The minimum Gasteiger partial charge on any atom is -0.330 e. The molecule has 0 aromatic rings. The van der Waals surface area contributed by atoms with Gasteiger partial charge in [0.2, 0.25) is 0 Å². The maximum atomic E-state index is 5.22. The largest absolute Gasteiger partial charge is 0.330 e. The molecule has 3 N–H and O–H groups in total. The second-order valence-corrected chi connectivity index (χ2v) is 1.52. The first-order valence-electron chi connectivity index (χ1n) is 2.76. The lowest BCUT2D eigenvalue weighted by Gasteiger charge is -1.94. The second kappa shape index (κ2) is 6.48. The van der Waals surface area contributed by atoms with Gasteiger partial charge in [-0.3, -0.25) is 0 Å². The van der Waals surface area contributed by atoms with Crippen molar-refractivity contribution >= 4 is 0 Å². The highest BCUT2D eigenvalue weighted by Crippen LogP contribution is 1.66. The molecule has 46 valence electrons. The number of nitrogens with two attached hydrogens (primary N) is 1. The highest BCUT2D eigenvalue weighted by molar-refractivity contribution is 4.86. The highest BCUT2D eigenvalue weighted by Gasteiger charge is 1.78. The van der Waals surface area contributed by atoms with E-state index in [0.717, 1.165) is 19.5 Å². The Kier molecular flexibility index (Phi) is 6.06. The van der Waals surface area contributed by atoms with Crippen LogP contribution in [0, 0.1) is 12.3 Å². The van der Waals surface area contributed by atoms with Gasteiger partial charge < -0.3 is 11.1 Å². The zero-order valence-corrected chi connectivity index (χ0v) is 4.98. The molecule has 0 atom stereocenters. The summed E-state index contributed by atoms with van der Waals surface area (Å²) in [6.07, 6.45) is 5.97. The first-order valence-corrected chi connectivity index (χ1v) is 2.76. The van der Waals surface area contributed by atoms with Gasteiger partial charge in [0, 0.05) is 0 Å². The molecule has 0 aromatic heterocycles. The van der Waals surface area contributed by atoms with Crippen molar-refractivity contribution in [2.24, 2.45) is 5.73 Å². The van der Waals surface area contributed by atoms with Crippen molar-refractivity contribution in [3.63, 3.8) is 0 Å². The van der Waals surface area contributed by atoms with E-state index in [-0.39, 0.29) is 0 Å². The van der Waals surface area contributed by atoms with Gasteiger partial charge in [0.05, 0.1) is 6.54 Å². The van der Waals surface area contributed by atoms with E-state index >= 15 is 0 Å². The molecule has 0 aliphatic heterocycles. The van der Waals surface area contributed by atoms with Gasteiger partial charge >= 0.3 is 0 Å². The predicted molar refractivity (Wildman–Crippen MR) is 35.4 cm³/mol. The van der Waals surface area contributed by atoms with E-state index in [0.29, 0.717) is 6.54 Å². The molecule has 0 spiro atoms. The summed E-state index contributed by atoms with van der Waals surface area (Å²) in [6, 6.07) is 0. The third-order valence-corrected chi connectivity index (χ3v) is 0.785. The van der Waals surface area contributed by atoms with E-state index in [1.54, 1.807) is 0 Å². The van der Waals surface area contributed by atoms with E-state index in [4.69, 9.17) is 12.2 Å². The van der Waals surface area contributed by atoms with Crippen LogP contribution in [0.2, 0.25) is 0 Å². The van der Waals surface area contributed by atoms with E-state index < -0.39 is 0 Å². The number of terminal acetylenes is 1. The zero-order valence-electron chi connectivity index (χ0n) is 4.98. The number of hydrogen-bond donors (Lipinski definition) is 2. The Hall–Kier alpha value is -0.520. The van der Waals surface area contributed by atoms with Gasteiger partial charge in [-0.15, -0.1) is 6.42 Å². The van der Waals surface area contributed by atoms with Gasteiger partial charge in [-0.2, -0.15) is 0 Å². The van der Waals surface area contributed by atoms with Gasteiger partial charge in [-0.05, 0) is 19.5 Å². The van der Waals surface area contributed by atoms with Crippen LogP contribution in [0.25, 0.3) is 0 Å². The Bertz CT molecular complexity index is 73.1. The van der Waals surface area contributed by atoms with Crippen LogP contribution in [-0.2, 0) is 0 Å². The third-order valence-electron chi connectivity index (χ3n) is 0.785. The van der Waals surface area contributed by atoms with E-state index in [1.165, 1.54) is 0 Å². The van der Waals surface area contributed by atoms with Gasteiger partial charge in [0.1, 0.15) is 0 Å². The molecular weight excluding hydrogens is 100 g/mol. The molecule has 0 aromatic carbocycles. The van der Waals surface area contributed by atoms with Crippen LogP contribution in [0.5, 0.6) is 0 Å². The summed E-state index contributed by atoms with van der Waals surface area (Å²) >= 11 is 0. The summed E-state index contributed by atoms with van der Waals surface area (Å²) in [4.78, 5) is 0. The summed E-state index contributed by atoms with van der Waals surface area (Å²) in [5.41, 5.74) is 5.22. The van der Waals surface area contributed by atoms with E-state index in [2.05, 4.69) is 11.2 Å². The van der Waals surface area contributed by atoms with Crippen molar-refractivity contribution in [3.8, 4) is 12.3 Å². The fourth-order valence-electron chi connectivity index (χ4n) is 0.388. The number of hydrogen-bond acceptors (Lipinski definition) is 2. The lowest BCUT2D eigenvalue weighted by Crippen LogP contribution is -2.17. The molecule has 0 radical (unpaired) electrons. The molecule has 2 nitrogen and oxygen atoms in total. The molecule has 0 rings (SSSR count). The van der Waals surface area contributed by atoms with Crippen molar-refractivity contribution in [1.29, 1.82) is 0 Å². The van der Waals surface area contributed by atoms with Crippen LogP contribution in [0.15, 0.2) is 0 Å². The lowest BCUT2D eigenvalue weighted by atomic mass is 10.4. The van der Waals surface area contributed by atoms with Gasteiger partial charge in [-0.1, -0.05) is 5.92 Å². The van der Waals surface area contributed by atoms with E-state index in [9.17, 15) is 0 Å². The molecule has 0 aliphatic rings. The normalized spacial score (nSPS) is 8.50. The molecule has 0 saturated carbocycles. The minimum atomic E-state index is 0.653. The quantitative estimate of drug-likeness (QED) is 0.382. The van der Waals surface area contributed by atoms with Crippen molar-refractivity contribution in [2.75, 3.05) is 19.6 Å². The number of nitrogens with one attached hydrogen (secondary N) is 1. The molecule has 0 fully saturated rings. The molecule has 0 unspecified atom stereocenters. The first-order chi connectivity index (χ1) is 3.91. The molecule has 2 heteroatoms. The Labute approximate surface area is 50.5 Å². The summed E-state index contributed by atoms with van der Waals surface area (Å²) < 4.78 is 0. The Morgan fingerprint density at radius 1 is 1.62 bits per heavy atom. The minimum absolute atomic E-state index is 0.653. The van der Waals surface area contributed by atoms with Gasteiger partial charge in [0.15, 0.2) is 0 Å². The highest BCUT2D eigenvalue weighted by atomic mass is 14.8. The van der Waals surface area contributed by atoms with Gasteiger partial charge in [-0.25, -0.2) is 0 Å². The average molecular weight is 112 g/mol. The summed E-state index contributed by atoms with van der Waals surface area (Å²) in [7, 11) is 0. The second-order valence-electron chi connectivity index (χ2n) is 1.52. The molecule has 8 heavy (non-hydrogen) atoms. The van der Waals surface area contributed by atoms with Crippen molar-refractivity contribution < 1.29 is 0 Å². The zero-order chi connectivity index (χ0) is 6.24. The molecule has 0 aliphatic carbocycles. The first kappa shape index (κ1) is 7.48. The Morgan fingerprint density at radius 2 is 2.38 bits per heavy atom. The van der Waals surface area contributed by atoms with Crippen LogP contribution in [0.1, 0.15) is 6.42 Å². The molecule has 0 saturated heterocycles. The van der Waals surface area contributed by atoms with Crippen LogP contribution >= 0.6 is 0 Å². The monoisotopic (exact) mass is 112 g/mol.